The summed E-state index contributed by atoms with van der Waals surface area (Å²) in [6.07, 6.45) is 3.87. The van der Waals surface area contributed by atoms with Crippen LogP contribution in [0.25, 0.3) is 0 Å². The Bertz CT molecular complexity index is 331. The zero-order valence-electron chi connectivity index (χ0n) is 10.4. The Kier molecular flexibility index (Phi) is 5.19. The summed E-state index contributed by atoms with van der Waals surface area (Å²) in [5.41, 5.74) is 0.865. The van der Waals surface area contributed by atoms with E-state index in [9.17, 15) is 4.79 Å². The molecule has 90 valence electrons. The number of hydrogen-bond acceptors (Lipinski definition) is 3. The van der Waals surface area contributed by atoms with Crippen molar-refractivity contribution in [3.05, 3.63) is 18.0 Å². The lowest BCUT2D eigenvalue weighted by Gasteiger charge is -2.06. The number of ketones is 1. The highest BCUT2D eigenvalue weighted by Crippen LogP contribution is 2.00. The fourth-order valence-electron chi connectivity index (χ4n) is 1.52. The molecule has 1 aromatic rings. The normalized spacial score (nSPS) is 11.0. The number of hydrogen-bond donors (Lipinski definition) is 1. The molecule has 0 saturated carbocycles. The molecule has 0 aliphatic heterocycles. The molecule has 0 aliphatic carbocycles. The van der Waals surface area contributed by atoms with Crippen LogP contribution < -0.4 is 5.32 Å². The molecule has 1 heterocycles. The highest BCUT2D eigenvalue weighted by molar-refractivity contribution is 5.80. The van der Waals surface area contributed by atoms with Crippen molar-refractivity contribution in [3.63, 3.8) is 0 Å². The maximum absolute atomic E-state index is 11.6. The maximum atomic E-state index is 11.6. The predicted molar refractivity (Wildman–Crippen MR) is 64.3 cm³/mol. The van der Waals surface area contributed by atoms with E-state index in [1.807, 2.05) is 19.3 Å². The third-order valence-corrected chi connectivity index (χ3v) is 2.33. The Balaban J connectivity index is 2.16. The lowest BCUT2D eigenvalue weighted by atomic mass is 10.1. The fraction of sp³-hybridized carbons (Fsp3) is 0.667. The SMILES string of the molecule is CC(C)NCCCC(=O)Cc1ccn(C)n1. The smallest absolute Gasteiger partial charge is 0.138 e. The van der Waals surface area contributed by atoms with Gasteiger partial charge < -0.3 is 5.32 Å². The number of Topliss-reactive ketones (excluding diaryl/α,β-unsaturated/α-hetero) is 1. The van der Waals surface area contributed by atoms with Crippen LogP contribution in [0, 0.1) is 0 Å². The van der Waals surface area contributed by atoms with E-state index in [1.54, 1.807) is 4.68 Å². The minimum absolute atomic E-state index is 0.268. The summed E-state index contributed by atoms with van der Waals surface area (Å²) < 4.78 is 1.73. The molecule has 4 heteroatoms. The molecule has 0 spiro atoms. The minimum atomic E-state index is 0.268. The van der Waals surface area contributed by atoms with Gasteiger partial charge in [-0.1, -0.05) is 13.8 Å². The number of nitrogens with one attached hydrogen (secondary N) is 1. The van der Waals surface area contributed by atoms with Gasteiger partial charge in [0.15, 0.2) is 0 Å². The minimum Gasteiger partial charge on any atom is -0.315 e. The number of carbonyl (C=O) groups excluding carboxylic acids is 1. The molecule has 0 saturated heterocycles. The van der Waals surface area contributed by atoms with Crippen LogP contribution in [0.5, 0.6) is 0 Å². The van der Waals surface area contributed by atoms with Crippen molar-refractivity contribution >= 4 is 5.78 Å². The monoisotopic (exact) mass is 223 g/mol. The Morgan fingerprint density at radius 1 is 1.56 bits per heavy atom. The van der Waals surface area contributed by atoms with Gasteiger partial charge in [-0.2, -0.15) is 5.10 Å². The van der Waals surface area contributed by atoms with Crippen molar-refractivity contribution in [1.29, 1.82) is 0 Å². The van der Waals surface area contributed by atoms with Crippen molar-refractivity contribution in [2.24, 2.45) is 7.05 Å². The third kappa shape index (κ3) is 5.07. The van der Waals surface area contributed by atoms with Crippen LogP contribution in [0.2, 0.25) is 0 Å². The van der Waals surface area contributed by atoms with E-state index in [0.717, 1.165) is 18.7 Å². The first-order chi connectivity index (χ1) is 7.58. The van der Waals surface area contributed by atoms with E-state index in [1.165, 1.54) is 0 Å². The number of rotatable bonds is 7. The molecule has 1 aromatic heterocycles. The summed E-state index contributed by atoms with van der Waals surface area (Å²) in [4.78, 5) is 11.6. The topological polar surface area (TPSA) is 46.9 Å². The molecule has 0 atom stereocenters. The van der Waals surface area contributed by atoms with Crippen LogP contribution in [0.15, 0.2) is 12.3 Å². The number of carbonyl (C=O) groups is 1. The van der Waals surface area contributed by atoms with E-state index in [-0.39, 0.29) is 5.78 Å². The first-order valence-corrected chi connectivity index (χ1v) is 5.81. The van der Waals surface area contributed by atoms with Crippen molar-refractivity contribution in [3.8, 4) is 0 Å². The van der Waals surface area contributed by atoms with Crippen molar-refractivity contribution in [2.45, 2.75) is 39.2 Å². The molecule has 1 rings (SSSR count). The predicted octanol–water partition coefficient (Wildman–Crippen LogP) is 1.31. The molecular weight excluding hydrogens is 202 g/mol. The second-order valence-corrected chi connectivity index (χ2v) is 4.41. The van der Waals surface area contributed by atoms with E-state index in [0.29, 0.717) is 18.9 Å². The Hall–Kier alpha value is -1.16. The van der Waals surface area contributed by atoms with Gasteiger partial charge in [-0.25, -0.2) is 0 Å². The van der Waals surface area contributed by atoms with Gasteiger partial charge in [-0.05, 0) is 19.0 Å². The molecule has 0 bridgehead atoms. The summed E-state index contributed by atoms with van der Waals surface area (Å²) in [7, 11) is 1.86. The van der Waals surface area contributed by atoms with Crippen LogP contribution in [-0.2, 0) is 18.3 Å². The highest BCUT2D eigenvalue weighted by Gasteiger charge is 2.05. The Morgan fingerprint density at radius 3 is 2.88 bits per heavy atom. The first kappa shape index (κ1) is 12.9. The lowest BCUT2D eigenvalue weighted by molar-refractivity contribution is -0.118. The standard InChI is InChI=1S/C12H21N3O/c1-10(2)13-7-4-5-12(16)9-11-6-8-15(3)14-11/h6,8,10,13H,4-5,7,9H2,1-3H3. The number of aromatic nitrogens is 2. The highest BCUT2D eigenvalue weighted by atomic mass is 16.1. The van der Waals surface area contributed by atoms with Crippen LogP contribution in [0.1, 0.15) is 32.4 Å². The third-order valence-electron chi connectivity index (χ3n) is 2.33. The van der Waals surface area contributed by atoms with Gasteiger partial charge >= 0.3 is 0 Å². The van der Waals surface area contributed by atoms with Crippen molar-refractivity contribution in [2.75, 3.05) is 6.54 Å². The molecule has 0 aromatic carbocycles. The fourth-order valence-corrected chi connectivity index (χ4v) is 1.52. The average Bonchev–Trinajstić information content (AvgIpc) is 2.58. The summed E-state index contributed by atoms with van der Waals surface area (Å²) >= 11 is 0. The molecule has 0 unspecified atom stereocenters. The Labute approximate surface area is 97.0 Å². The Morgan fingerprint density at radius 2 is 2.31 bits per heavy atom. The van der Waals surface area contributed by atoms with Gasteiger partial charge in [0, 0.05) is 25.7 Å². The molecule has 1 N–H and O–H groups in total. The van der Waals surface area contributed by atoms with Crippen LogP contribution in [0.4, 0.5) is 0 Å². The van der Waals surface area contributed by atoms with Crippen molar-refractivity contribution in [1.82, 2.24) is 15.1 Å². The molecule has 16 heavy (non-hydrogen) atoms. The molecule has 4 nitrogen and oxygen atoms in total. The zero-order chi connectivity index (χ0) is 12.0. The zero-order valence-corrected chi connectivity index (χ0v) is 10.4. The quantitative estimate of drug-likeness (QED) is 0.709. The van der Waals surface area contributed by atoms with Gasteiger partial charge in [0.2, 0.25) is 0 Å². The lowest BCUT2D eigenvalue weighted by Crippen LogP contribution is -2.24. The molecule has 0 radical (unpaired) electrons. The second kappa shape index (κ2) is 6.43. The molecule has 0 amide bonds. The van der Waals surface area contributed by atoms with E-state index in [2.05, 4.69) is 24.3 Å². The van der Waals surface area contributed by atoms with Crippen LogP contribution in [0.3, 0.4) is 0 Å². The van der Waals surface area contributed by atoms with Crippen molar-refractivity contribution < 1.29 is 4.79 Å². The summed E-state index contributed by atoms with van der Waals surface area (Å²) in [6, 6.07) is 2.38. The second-order valence-electron chi connectivity index (χ2n) is 4.41. The van der Waals surface area contributed by atoms with Crippen LogP contribution >= 0.6 is 0 Å². The number of nitrogens with zero attached hydrogens (tertiary/aromatic N) is 2. The average molecular weight is 223 g/mol. The first-order valence-electron chi connectivity index (χ1n) is 5.81. The summed E-state index contributed by atoms with van der Waals surface area (Å²) in [5, 5.41) is 7.48. The van der Waals surface area contributed by atoms with E-state index < -0.39 is 0 Å². The van der Waals surface area contributed by atoms with E-state index in [4.69, 9.17) is 0 Å². The summed E-state index contributed by atoms with van der Waals surface area (Å²) in [5.74, 6) is 0.268. The molecule has 0 fully saturated rings. The van der Waals surface area contributed by atoms with Gasteiger partial charge in [0.1, 0.15) is 5.78 Å². The maximum Gasteiger partial charge on any atom is 0.138 e. The van der Waals surface area contributed by atoms with Gasteiger partial charge in [0.05, 0.1) is 12.1 Å². The molecular formula is C12H21N3O. The van der Waals surface area contributed by atoms with Crippen LogP contribution in [-0.4, -0.2) is 28.2 Å². The van der Waals surface area contributed by atoms with E-state index >= 15 is 0 Å². The largest absolute Gasteiger partial charge is 0.315 e. The summed E-state index contributed by atoms with van der Waals surface area (Å²) in [6.45, 7) is 5.12. The number of aryl methyl sites for hydroxylation is 1. The van der Waals surface area contributed by atoms with Gasteiger partial charge in [-0.15, -0.1) is 0 Å². The van der Waals surface area contributed by atoms with Gasteiger partial charge in [-0.3, -0.25) is 9.48 Å². The van der Waals surface area contributed by atoms with Gasteiger partial charge in [0.25, 0.3) is 0 Å². The molecule has 0 aliphatic rings.